The molecule has 120 valence electrons. The Morgan fingerprint density at radius 2 is 1.90 bits per heavy atom. The van der Waals surface area contributed by atoms with E-state index in [1.807, 2.05) is 6.92 Å². The van der Waals surface area contributed by atoms with Crippen molar-refractivity contribution in [1.29, 1.82) is 0 Å². The third-order valence-electron chi connectivity index (χ3n) is 3.11. The lowest BCUT2D eigenvalue weighted by molar-refractivity contribution is 0.316. The van der Waals surface area contributed by atoms with Crippen LogP contribution in [0.5, 0.6) is 0 Å². The van der Waals surface area contributed by atoms with Gasteiger partial charge in [-0.25, -0.2) is 0 Å². The van der Waals surface area contributed by atoms with E-state index < -0.39 is 6.72 Å². The number of rotatable bonds is 13. The van der Waals surface area contributed by atoms with Crippen LogP contribution in [0, 0.1) is 0 Å². The first kappa shape index (κ1) is 20.4. The third-order valence-corrected chi connectivity index (χ3v) is 8.83. The van der Waals surface area contributed by atoms with Gasteiger partial charge in [0.1, 0.15) is 0 Å². The maximum absolute atomic E-state index is 13.0. The molecule has 0 saturated carbocycles. The monoisotopic (exact) mass is 339 g/mol. The zero-order valence-corrected chi connectivity index (χ0v) is 15.9. The number of unbranched alkanes of at least 4 members (excludes halogenated alkanes) is 4. The van der Waals surface area contributed by atoms with Gasteiger partial charge in [0, 0.05) is 11.8 Å². The molecular weight excluding hydrogens is 309 g/mol. The summed E-state index contributed by atoms with van der Waals surface area (Å²) in [4.78, 5) is 0. The van der Waals surface area contributed by atoms with Crippen LogP contribution in [0.1, 0.15) is 66.2 Å². The zero-order valence-electron chi connectivity index (χ0n) is 13.3. The van der Waals surface area contributed by atoms with Crippen molar-refractivity contribution in [3.8, 4) is 0 Å². The molecule has 0 fully saturated rings. The van der Waals surface area contributed by atoms with Gasteiger partial charge in [-0.1, -0.05) is 58.7 Å². The average molecular weight is 340 g/mol. The van der Waals surface area contributed by atoms with Gasteiger partial charge >= 0.3 is 6.72 Å². The fourth-order valence-corrected chi connectivity index (χ4v) is 7.22. The molecule has 0 aliphatic heterocycles. The molecule has 0 aromatic carbocycles. The van der Waals surface area contributed by atoms with Gasteiger partial charge in [-0.2, -0.15) is 0 Å². The van der Waals surface area contributed by atoms with Gasteiger partial charge in [-0.3, -0.25) is 9.24 Å². The largest absolute Gasteiger partial charge is 0.354 e. The highest BCUT2D eigenvalue weighted by atomic mass is 32.7. The predicted molar refractivity (Wildman–Crippen MR) is 95.7 cm³/mol. The number of nitrogens with zero attached hydrogens (tertiary/aromatic N) is 1. The molecule has 0 rings (SSSR count). The summed E-state index contributed by atoms with van der Waals surface area (Å²) in [5, 5.41) is 0.310. The normalized spacial score (nSPS) is 15.6. The first-order valence-corrected chi connectivity index (χ1v) is 11.2. The lowest BCUT2D eigenvalue weighted by atomic mass is 10.1. The minimum Gasteiger partial charge on any atom is -0.306 e. The van der Waals surface area contributed by atoms with Crippen LogP contribution < -0.4 is 0 Å². The van der Waals surface area contributed by atoms with Crippen LogP contribution in [0.3, 0.4) is 0 Å². The van der Waals surface area contributed by atoms with Crippen LogP contribution >= 0.6 is 30.3 Å². The fraction of sp³-hybridized carbons (Fsp3) is 0.929. The molecule has 2 unspecified atom stereocenters. The predicted octanol–water partition coefficient (Wildman–Crippen LogP) is 5.89. The molecule has 0 bridgehead atoms. The topological polar surface area (TPSA) is 29.5 Å². The second-order valence-corrected chi connectivity index (χ2v) is 9.85. The van der Waals surface area contributed by atoms with Gasteiger partial charge in [0.15, 0.2) is 0 Å². The molecule has 0 heterocycles. The molecule has 0 saturated heterocycles. The van der Waals surface area contributed by atoms with Crippen LogP contribution in [0.4, 0.5) is 0 Å². The van der Waals surface area contributed by atoms with E-state index in [9.17, 15) is 4.57 Å². The van der Waals surface area contributed by atoms with Gasteiger partial charge in [0.2, 0.25) is 0 Å². The first-order valence-electron chi connectivity index (χ1n) is 7.69. The van der Waals surface area contributed by atoms with E-state index in [0.717, 1.165) is 25.8 Å². The minimum absolute atomic E-state index is 0.310. The fourth-order valence-electron chi connectivity index (χ4n) is 1.74. The smallest absolute Gasteiger partial charge is 0.306 e. The van der Waals surface area contributed by atoms with Crippen molar-refractivity contribution < 1.29 is 9.09 Å². The van der Waals surface area contributed by atoms with Gasteiger partial charge in [0.05, 0.1) is 12.1 Å². The van der Waals surface area contributed by atoms with Crippen LogP contribution in [0.15, 0.2) is 0 Å². The minimum atomic E-state index is -2.87. The summed E-state index contributed by atoms with van der Waals surface area (Å²) in [5.41, 5.74) is 1.52. The summed E-state index contributed by atoms with van der Waals surface area (Å²) in [6, 6.07) is 0. The summed E-state index contributed by atoms with van der Waals surface area (Å²) in [6.45, 7) is 6.58. The highest BCUT2D eigenvalue weighted by Crippen LogP contribution is 2.63. The van der Waals surface area contributed by atoms with Gasteiger partial charge in [0.25, 0.3) is 0 Å². The lowest BCUT2D eigenvalue weighted by Crippen LogP contribution is -2.20. The Hall–Kier alpha value is 0.430. The Kier molecular flexibility index (Phi) is 12.3. The molecular formula is C14H30NO2PS2. The van der Waals surface area contributed by atoms with Gasteiger partial charge in [-0.15, -0.1) is 0 Å². The van der Waals surface area contributed by atoms with E-state index >= 15 is 0 Å². The van der Waals surface area contributed by atoms with Crippen LogP contribution in [-0.4, -0.2) is 28.6 Å². The molecule has 2 atom stereocenters. The SMILES string of the molecule is CCCCCCCN(C=S)P(=O)(OCC)SC(C)CC. The van der Waals surface area contributed by atoms with Crippen molar-refractivity contribution in [2.45, 2.75) is 71.5 Å². The van der Waals surface area contributed by atoms with E-state index in [1.165, 1.54) is 36.1 Å². The molecule has 0 aromatic rings. The van der Waals surface area contributed by atoms with Gasteiger partial charge < -0.3 is 4.52 Å². The quantitative estimate of drug-likeness (QED) is 0.237. The van der Waals surface area contributed by atoms with Crippen molar-refractivity contribution >= 4 is 35.8 Å². The van der Waals surface area contributed by atoms with Crippen molar-refractivity contribution in [1.82, 2.24) is 4.67 Å². The molecule has 0 spiro atoms. The van der Waals surface area contributed by atoms with E-state index in [2.05, 4.69) is 20.8 Å². The number of thiocarbonyl (C=S) groups is 1. The average Bonchev–Trinajstić information content (AvgIpc) is 2.42. The molecule has 0 aromatic heterocycles. The van der Waals surface area contributed by atoms with E-state index in [0.29, 0.717) is 11.9 Å². The van der Waals surface area contributed by atoms with Crippen LogP contribution in [-0.2, 0) is 9.09 Å². The van der Waals surface area contributed by atoms with Crippen molar-refractivity contribution in [3.05, 3.63) is 0 Å². The van der Waals surface area contributed by atoms with E-state index in [1.54, 1.807) is 4.67 Å². The number of hydrogen-bond acceptors (Lipinski definition) is 4. The summed E-state index contributed by atoms with van der Waals surface area (Å²) < 4.78 is 20.3. The Morgan fingerprint density at radius 3 is 2.40 bits per heavy atom. The summed E-state index contributed by atoms with van der Waals surface area (Å²) in [6.07, 6.45) is 6.89. The molecule has 20 heavy (non-hydrogen) atoms. The molecule has 6 heteroatoms. The van der Waals surface area contributed by atoms with E-state index in [4.69, 9.17) is 16.7 Å². The molecule has 0 N–H and O–H groups in total. The summed E-state index contributed by atoms with van der Waals surface area (Å²) >= 11 is 6.49. The highest BCUT2D eigenvalue weighted by Gasteiger charge is 2.32. The second-order valence-electron chi connectivity index (χ2n) is 4.89. The van der Waals surface area contributed by atoms with Crippen LogP contribution in [0.25, 0.3) is 0 Å². The molecule has 3 nitrogen and oxygen atoms in total. The zero-order chi connectivity index (χ0) is 15.4. The molecule has 0 aliphatic carbocycles. The maximum atomic E-state index is 13.0. The Morgan fingerprint density at radius 1 is 1.25 bits per heavy atom. The maximum Gasteiger partial charge on any atom is 0.354 e. The van der Waals surface area contributed by atoms with Crippen molar-refractivity contribution in [3.63, 3.8) is 0 Å². The summed E-state index contributed by atoms with van der Waals surface area (Å²) in [7, 11) is 0. The van der Waals surface area contributed by atoms with Crippen molar-refractivity contribution in [2.75, 3.05) is 13.2 Å². The first-order chi connectivity index (χ1) is 9.53. The number of hydrogen-bond donors (Lipinski definition) is 0. The van der Waals surface area contributed by atoms with Crippen molar-refractivity contribution in [2.24, 2.45) is 0 Å². The Labute approximate surface area is 134 Å². The highest BCUT2D eigenvalue weighted by molar-refractivity contribution is 8.56. The lowest BCUT2D eigenvalue weighted by Gasteiger charge is -2.29. The van der Waals surface area contributed by atoms with E-state index in [-0.39, 0.29) is 0 Å². The Balaban J connectivity index is 4.50. The molecule has 0 aliphatic rings. The third kappa shape index (κ3) is 8.02. The molecule has 0 radical (unpaired) electrons. The second kappa shape index (κ2) is 12.0. The standard InChI is InChI=1S/C14H30NO2PS2/c1-5-8-9-10-11-12-15(13-19)18(16,17-7-3)20-14(4)6-2/h13-14H,5-12H2,1-4H3. The summed E-state index contributed by atoms with van der Waals surface area (Å²) in [5.74, 6) is 0. The Bertz CT molecular complexity index is 303. The van der Waals surface area contributed by atoms with Gasteiger partial charge in [-0.05, 0) is 31.1 Å². The van der Waals surface area contributed by atoms with Crippen LogP contribution in [0.2, 0.25) is 0 Å². The molecule has 0 amide bonds.